The number of hydrogen-bond donors (Lipinski definition) is 1. The third-order valence-electron chi connectivity index (χ3n) is 2.42. The van der Waals surface area contributed by atoms with Gasteiger partial charge in [0.05, 0.1) is 0 Å². The largest absolute Gasteiger partial charge is 0.415 e. The number of carbonyl (C=O) groups excluding carboxylic acids is 1. The van der Waals surface area contributed by atoms with E-state index in [-0.39, 0.29) is 0 Å². The van der Waals surface area contributed by atoms with Crippen LogP contribution in [-0.2, 0) is 0 Å². The predicted octanol–water partition coefficient (Wildman–Crippen LogP) is 2.86. The highest BCUT2D eigenvalue weighted by Crippen LogP contribution is 2.19. The van der Waals surface area contributed by atoms with Crippen LogP contribution in [0.1, 0.15) is 5.56 Å². The van der Waals surface area contributed by atoms with E-state index < -0.39 is 6.09 Å². The predicted molar refractivity (Wildman–Crippen MR) is 74.6 cm³/mol. The summed E-state index contributed by atoms with van der Waals surface area (Å²) >= 11 is 11.2. The number of anilines is 1. The van der Waals surface area contributed by atoms with Crippen LogP contribution in [-0.4, -0.2) is 35.8 Å². The Labute approximate surface area is 117 Å². The number of halogens is 2. The van der Waals surface area contributed by atoms with E-state index in [1.54, 1.807) is 18.2 Å². The Kier molecular flexibility index (Phi) is 6.09. The average Bonchev–Trinajstić information content (AvgIpc) is 2.33. The third kappa shape index (κ3) is 4.27. The summed E-state index contributed by atoms with van der Waals surface area (Å²) in [4.78, 5) is 13.3. The molecule has 1 aromatic carbocycles. The lowest BCUT2D eigenvalue weighted by Gasteiger charge is -2.19. The topological polar surface area (TPSA) is 55.6 Å². The van der Waals surface area contributed by atoms with Gasteiger partial charge in [0.1, 0.15) is 5.75 Å². The SMILES string of the molecule is Cc1ccc(OC(=O)N(CCCl)CCCl)cc1N. The molecule has 2 N–H and O–H groups in total. The van der Waals surface area contributed by atoms with E-state index in [2.05, 4.69) is 0 Å². The third-order valence-corrected chi connectivity index (χ3v) is 2.76. The van der Waals surface area contributed by atoms with Gasteiger partial charge < -0.3 is 15.4 Å². The van der Waals surface area contributed by atoms with E-state index in [0.29, 0.717) is 36.3 Å². The number of carbonyl (C=O) groups is 1. The molecule has 0 spiro atoms. The number of aryl methyl sites for hydroxylation is 1. The van der Waals surface area contributed by atoms with Crippen LogP contribution in [0.15, 0.2) is 18.2 Å². The molecule has 0 aliphatic carbocycles. The van der Waals surface area contributed by atoms with Crippen molar-refractivity contribution in [3.63, 3.8) is 0 Å². The monoisotopic (exact) mass is 290 g/mol. The van der Waals surface area contributed by atoms with Gasteiger partial charge >= 0.3 is 6.09 Å². The lowest BCUT2D eigenvalue weighted by molar-refractivity contribution is 0.158. The molecule has 0 aliphatic rings. The maximum absolute atomic E-state index is 11.8. The normalized spacial score (nSPS) is 10.2. The molecule has 0 saturated carbocycles. The highest BCUT2D eigenvalue weighted by atomic mass is 35.5. The van der Waals surface area contributed by atoms with Crippen molar-refractivity contribution in [1.29, 1.82) is 0 Å². The molecule has 18 heavy (non-hydrogen) atoms. The number of amides is 1. The Morgan fingerprint density at radius 3 is 2.44 bits per heavy atom. The Bertz CT molecular complexity index is 407. The molecular formula is C12H16Cl2N2O2. The second kappa shape index (κ2) is 7.34. The van der Waals surface area contributed by atoms with Gasteiger partial charge in [0.2, 0.25) is 0 Å². The van der Waals surface area contributed by atoms with Crippen molar-refractivity contribution in [2.45, 2.75) is 6.92 Å². The number of nitrogens with zero attached hydrogens (tertiary/aromatic N) is 1. The number of hydrogen-bond acceptors (Lipinski definition) is 3. The van der Waals surface area contributed by atoms with Gasteiger partial charge in [-0.25, -0.2) is 4.79 Å². The summed E-state index contributed by atoms with van der Waals surface area (Å²) < 4.78 is 5.21. The molecule has 100 valence electrons. The van der Waals surface area contributed by atoms with E-state index >= 15 is 0 Å². The van der Waals surface area contributed by atoms with E-state index in [1.807, 2.05) is 6.92 Å². The highest BCUT2D eigenvalue weighted by molar-refractivity contribution is 6.18. The summed E-state index contributed by atoms with van der Waals surface area (Å²) in [5, 5.41) is 0. The smallest absolute Gasteiger partial charge is 0.410 e. The molecule has 0 heterocycles. The summed E-state index contributed by atoms with van der Waals surface area (Å²) in [6.07, 6.45) is -0.473. The lowest BCUT2D eigenvalue weighted by Crippen LogP contribution is -2.36. The minimum absolute atomic E-state index is 0.335. The van der Waals surface area contributed by atoms with Gasteiger partial charge in [-0.1, -0.05) is 6.07 Å². The van der Waals surface area contributed by atoms with Gasteiger partial charge in [0, 0.05) is 36.6 Å². The van der Waals surface area contributed by atoms with Crippen LogP contribution in [0, 0.1) is 6.92 Å². The van der Waals surface area contributed by atoms with Gasteiger partial charge in [0.25, 0.3) is 0 Å². The van der Waals surface area contributed by atoms with Gasteiger partial charge in [0.15, 0.2) is 0 Å². The van der Waals surface area contributed by atoms with Crippen LogP contribution < -0.4 is 10.5 Å². The minimum Gasteiger partial charge on any atom is -0.410 e. The summed E-state index contributed by atoms with van der Waals surface area (Å²) in [5.74, 6) is 1.08. The first-order valence-corrected chi connectivity index (χ1v) is 6.60. The van der Waals surface area contributed by atoms with Crippen molar-refractivity contribution in [2.24, 2.45) is 0 Å². The van der Waals surface area contributed by atoms with E-state index in [4.69, 9.17) is 33.7 Å². The molecule has 1 rings (SSSR count). The quantitative estimate of drug-likeness (QED) is 0.670. The zero-order chi connectivity index (χ0) is 13.5. The lowest BCUT2D eigenvalue weighted by atomic mass is 10.2. The van der Waals surface area contributed by atoms with Gasteiger partial charge in [-0.3, -0.25) is 0 Å². The molecule has 4 nitrogen and oxygen atoms in total. The molecule has 1 aromatic rings. The Hall–Kier alpha value is -1.13. The summed E-state index contributed by atoms with van der Waals surface area (Å²) in [6.45, 7) is 2.68. The van der Waals surface area contributed by atoms with E-state index in [0.717, 1.165) is 5.56 Å². The molecule has 0 bridgehead atoms. The van der Waals surface area contributed by atoms with E-state index in [9.17, 15) is 4.79 Å². The van der Waals surface area contributed by atoms with Crippen LogP contribution in [0.3, 0.4) is 0 Å². The molecule has 0 atom stereocenters. The Balaban J connectivity index is 2.69. The summed E-state index contributed by atoms with van der Waals surface area (Å²) in [6, 6.07) is 5.11. The summed E-state index contributed by atoms with van der Waals surface area (Å²) in [5.41, 5.74) is 7.27. The second-order valence-electron chi connectivity index (χ2n) is 3.75. The van der Waals surface area contributed by atoms with Gasteiger partial charge in [-0.15, -0.1) is 23.2 Å². The first-order valence-electron chi connectivity index (χ1n) is 5.53. The molecule has 0 unspecified atom stereocenters. The number of rotatable bonds is 5. The van der Waals surface area contributed by atoms with Crippen molar-refractivity contribution >= 4 is 35.0 Å². The van der Waals surface area contributed by atoms with Crippen molar-refractivity contribution in [3.8, 4) is 5.75 Å². The molecule has 1 amide bonds. The fourth-order valence-corrected chi connectivity index (χ4v) is 1.75. The number of alkyl halides is 2. The number of nitrogens with two attached hydrogens (primary N) is 1. The van der Waals surface area contributed by atoms with Crippen LogP contribution in [0.5, 0.6) is 5.75 Å². The van der Waals surface area contributed by atoms with Crippen LogP contribution >= 0.6 is 23.2 Å². The minimum atomic E-state index is -0.473. The molecule has 0 fully saturated rings. The first-order chi connectivity index (χ1) is 8.58. The number of nitrogen functional groups attached to an aromatic ring is 1. The van der Waals surface area contributed by atoms with Crippen LogP contribution in [0.25, 0.3) is 0 Å². The molecular weight excluding hydrogens is 275 g/mol. The standard InChI is InChI=1S/C12H16Cl2N2O2/c1-9-2-3-10(8-11(9)15)18-12(17)16(6-4-13)7-5-14/h2-3,8H,4-7,15H2,1H3. The Morgan fingerprint density at radius 1 is 1.33 bits per heavy atom. The highest BCUT2D eigenvalue weighted by Gasteiger charge is 2.14. The fraction of sp³-hybridized carbons (Fsp3) is 0.417. The fourth-order valence-electron chi connectivity index (χ4n) is 1.35. The zero-order valence-electron chi connectivity index (χ0n) is 10.2. The average molecular weight is 291 g/mol. The number of ether oxygens (including phenoxy) is 1. The van der Waals surface area contributed by atoms with Crippen LogP contribution in [0.4, 0.5) is 10.5 Å². The van der Waals surface area contributed by atoms with Crippen molar-refractivity contribution in [2.75, 3.05) is 30.6 Å². The van der Waals surface area contributed by atoms with Crippen LogP contribution in [0.2, 0.25) is 0 Å². The molecule has 0 aliphatic heterocycles. The Morgan fingerprint density at radius 2 is 1.94 bits per heavy atom. The number of benzene rings is 1. The van der Waals surface area contributed by atoms with Crippen molar-refractivity contribution in [1.82, 2.24) is 4.90 Å². The van der Waals surface area contributed by atoms with Gasteiger partial charge in [-0.05, 0) is 18.6 Å². The summed E-state index contributed by atoms with van der Waals surface area (Å²) in [7, 11) is 0. The molecule has 0 aromatic heterocycles. The van der Waals surface area contributed by atoms with Crippen molar-refractivity contribution < 1.29 is 9.53 Å². The van der Waals surface area contributed by atoms with Gasteiger partial charge in [-0.2, -0.15) is 0 Å². The first kappa shape index (κ1) is 14.9. The maximum atomic E-state index is 11.8. The van der Waals surface area contributed by atoms with Crippen molar-refractivity contribution in [3.05, 3.63) is 23.8 Å². The van der Waals surface area contributed by atoms with E-state index in [1.165, 1.54) is 4.90 Å². The molecule has 6 heteroatoms. The molecule has 0 radical (unpaired) electrons. The molecule has 0 saturated heterocycles. The zero-order valence-corrected chi connectivity index (χ0v) is 11.7. The second-order valence-corrected chi connectivity index (χ2v) is 4.51. The maximum Gasteiger partial charge on any atom is 0.415 e.